The summed E-state index contributed by atoms with van der Waals surface area (Å²) in [6, 6.07) is 8.74. The molecule has 1 rings (SSSR count). The van der Waals surface area contributed by atoms with Gasteiger partial charge in [0.25, 0.3) is 0 Å². The summed E-state index contributed by atoms with van der Waals surface area (Å²) in [5, 5.41) is 6.85. The summed E-state index contributed by atoms with van der Waals surface area (Å²) >= 11 is 1.90. The Labute approximate surface area is 163 Å². The zero-order chi connectivity index (χ0) is 16.4. The minimum Gasteiger partial charge on any atom is -0.356 e. The topological polar surface area (TPSA) is 36.4 Å². The Morgan fingerprint density at radius 2 is 1.96 bits per heavy atom. The van der Waals surface area contributed by atoms with Crippen LogP contribution in [0.1, 0.15) is 37.8 Å². The van der Waals surface area contributed by atoms with Crippen LogP contribution in [0.3, 0.4) is 0 Å². The Morgan fingerprint density at radius 1 is 1.22 bits per heavy atom. The zero-order valence-corrected chi connectivity index (χ0v) is 18.3. The lowest BCUT2D eigenvalue weighted by Crippen LogP contribution is -2.43. The summed E-state index contributed by atoms with van der Waals surface area (Å²) in [4.78, 5) is 4.31. The number of aryl methyl sites for hydroxylation is 1. The van der Waals surface area contributed by atoms with Crippen molar-refractivity contribution in [1.82, 2.24) is 10.6 Å². The average molecular weight is 449 g/mol. The first-order valence-electron chi connectivity index (χ1n) is 8.00. The molecule has 0 spiro atoms. The molecule has 0 unspecified atom stereocenters. The maximum absolute atomic E-state index is 4.31. The number of benzene rings is 1. The molecule has 0 atom stereocenters. The van der Waals surface area contributed by atoms with Crippen molar-refractivity contribution in [3.05, 3.63) is 35.4 Å². The van der Waals surface area contributed by atoms with Crippen molar-refractivity contribution in [2.75, 3.05) is 32.1 Å². The standard InChI is InChI=1S/C18H31N3S.HI/c1-15-9-8-10-16(13-15)18(2,3)14-21-17(19-4)20-11-6-7-12-22-5;/h8-10,13H,6-7,11-12,14H2,1-5H3,(H2,19,20,21);1H. The number of guanidine groups is 1. The second-order valence-electron chi connectivity index (χ2n) is 6.31. The maximum Gasteiger partial charge on any atom is 0.191 e. The van der Waals surface area contributed by atoms with Gasteiger partial charge in [-0.1, -0.05) is 43.7 Å². The van der Waals surface area contributed by atoms with E-state index >= 15 is 0 Å². The van der Waals surface area contributed by atoms with Gasteiger partial charge in [0.15, 0.2) is 5.96 Å². The fourth-order valence-electron chi connectivity index (χ4n) is 2.27. The van der Waals surface area contributed by atoms with Gasteiger partial charge in [0.1, 0.15) is 0 Å². The summed E-state index contributed by atoms with van der Waals surface area (Å²) < 4.78 is 0. The van der Waals surface area contributed by atoms with Gasteiger partial charge < -0.3 is 10.6 Å². The van der Waals surface area contributed by atoms with Crippen molar-refractivity contribution in [1.29, 1.82) is 0 Å². The maximum atomic E-state index is 4.31. The van der Waals surface area contributed by atoms with Gasteiger partial charge in [0.05, 0.1) is 0 Å². The summed E-state index contributed by atoms with van der Waals surface area (Å²) in [6.45, 7) is 8.51. The summed E-state index contributed by atoms with van der Waals surface area (Å²) in [7, 11) is 1.83. The van der Waals surface area contributed by atoms with Crippen LogP contribution in [0.25, 0.3) is 0 Å². The average Bonchev–Trinajstić information content (AvgIpc) is 2.50. The number of nitrogens with zero attached hydrogens (tertiary/aromatic N) is 1. The van der Waals surface area contributed by atoms with Crippen molar-refractivity contribution in [3.63, 3.8) is 0 Å². The smallest absolute Gasteiger partial charge is 0.191 e. The molecule has 132 valence electrons. The summed E-state index contributed by atoms with van der Waals surface area (Å²) in [5.74, 6) is 2.12. The number of nitrogens with one attached hydrogen (secondary N) is 2. The van der Waals surface area contributed by atoms with Crippen molar-refractivity contribution >= 4 is 41.7 Å². The lowest BCUT2D eigenvalue weighted by atomic mass is 9.84. The highest BCUT2D eigenvalue weighted by Crippen LogP contribution is 2.22. The molecule has 23 heavy (non-hydrogen) atoms. The third-order valence-corrected chi connectivity index (χ3v) is 4.49. The van der Waals surface area contributed by atoms with E-state index < -0.39 is 0 Å². The second kappa shape index (κ2) is 12.0. The molecule has 0 bridgehead atoms. The quantitative estimate of drug-likeness (QED) is 0.270. The zero-order valence-electron chi connectivity index (χ0n) is 15.1. The molecule has 0 aliphatic carbocycles. The molecule has 2 N–H and O–H groups in total. The fourth-order valence-corrected chi connectivity index (χ4v) is 2.76. The number of unbranched alkanes of at least 4 members (excludes halogenated alkanes) is 1. The SMILES string of the molecule is CN=C(NCCCCSC)NCC(C)(C)c1cccc(C)c1.I. The van der Waals surface area contributed by atoms with Gasteiger partial charge >= 0.3 is 0 Å². The molecule has 5 heteroatoms. The van der Waals surface area contributed by atoms with Crippen molar-refractivity contribution < 1.29 is 0 Å². The molecule has 0 saturated heterocycles. The number of aliphatic imine (C=N–C) groups is 1. The molecule has 0 amide bonds. The van der Waals surface area contributed by atoms with Crippen LogP contribution in [-0.2, 0) is 5.41 Å². The number of rotatable bonds is 8. The molecular weight excluding hydrogens is 417 g/mol. The minimum atomic E-state index is 0. The van der Waals surface area contributed by atoms with Gasteiger partial charge in [-0.15, -0.1) is 24.0 Å². The second-order valence-corrected chi connectivity index (χ2v) is 7.29. The van der Waals surface area contributed by atoms with Crippen LogP contribution >= 0.6 is 35.7 Å². The number of hydrogen-bond donors (Lipinski definition) is 2. The van der Waals surface area contributed by atoms with E-state index in [2.05, 4.69) is 66.9 Å². The number of halogens is 1. The van der Waals surface area contributed by atoms with Gasteiger partial charge in [0.2, 0.25) is 0 Å². The molecule has 0 aliphatic rings. The van der Waals surface area contributed by atoms with E-state index in [4.69, 9.17) is 0 Å². The molecular formula is C18H32IN3S. The predicted molar refractivity (Wildman–Crippen MR) is 117 cm³/mol. The van der Waals surface area contributed by atoms with Gasteiger partial charge in [-0.05, 0) is 37.3 Å². The summed E-state index contributed by atoms with van der Waals surface area (Å²) in [5.41, 5.74) is 2.74. The Balaban J connectivity index is 0.00000484. The molecule has 0 fully saturated rings. The molecule has 0 radical (unpaired) electrons. The monoisotopic (exact) mass is 449 g/mol. The lowest BCUT2D eigenvalue weighted by molar-refractivity contribution is 0.508. The highest BCUT2D eigenvalue weighted by Gasteiger charge is 2.20. The molecule has 0 saturated carbocycles. The van der Waals surface area contributed by atoms with Crippen LogP contribution in [0.4, 0.5) is 0 Å². The van der Waals surface area contributed by atoms with Crippen LogP contribution < -0.4 is 10.6 Å². The Morgan fingerprint density at radius 3 is 2.57 bits per heavy atom. The van der Waals surface area contributed by atoms with E-state index in [0.717, 1.165) is 19.0 Å². The molecule has 1 aromatic rings. The third-order valence-electron chi connectivity index (χ3n) is 3.79. The van der Waals surface area contributed by atoms with Crippen LogP contribution in [-0.4, -0.2) is 38.1 Å². The van der Waals surface area contributed by atoms with E-state index in [9.17, 15) is 0 Å². The first kappa shape index (κ1) is 22.6. The summed E-state index contributed by atoms with van der Waals surface area (Å²) in [6.07, 6.45) is 4.59. The highest BCUT2D eigenvalue weighted by molar-refractivity contribution is 14.0. The number of hydrogen-bond acceptors (Lipinski definition) is 2. The number of thioether (sulfide) groups is 1. The van der Waals surface area contributed by atoms with Gasteiger partial charge in [-0.2, -0.15) is 11.8 Å². The largest absolute Gasteiger partial charge is 0.356 e. The van der Waals surface area contributed by atoms with Crippen LogP contribution in [0.5, 0.6) is 0 Å². The predicted octanol–water partition coefficient (Wildman–Crippen LogP) is 4.20. The Kier molecular flexibility index (Phi) is 11.8. The van der Waals surface area contributed by atoms with E-state index in [1.165, 1.54) is 29.7 Å². The molecule has 0 aromatic heterocycles. The van der Waals surface area contributed by atoms with Gasteiger partial charge in [-0.25, -0.2) is 0 Å². The van der Waals surface area contributed by atoms with E-state index in [0.29, 0.717) is 0 Å². The normalized spacial score (nSPS) is 11.8. The lowest BCUT2D eigenvalue weighted by Gasteiger charge is -2.27. The van der Waals surface area contributed by atoms with E-state index in [-0.39, 0.29) is 29.4 Å². The first-order valence-corrected chi connectivity index (χ1v) is 9.39. The molecule has 1 aromatic carbocycles. The minimum absolute atomic E-state index is 0. The van der Waals surface area contributed by atoms with Crippen molar-refractivity contribution in [2.45, 2.75) is 39.0 Å². The Hall–Kier alpha value is -0.430. The van der Waals surface area contributed by atoms with Crippen LogP contribution in [0.2, 0.25) is 0 Å². The van der Waals surface area contributed by atoms with E-state index in [1.54, 1.807) is 0 Å². The molecule has 0 aliphatic heterocycles. The molecule has 3 nitrogen and oxygen atoms in total. The van der Waals surface area contributed by atoms with Crippen LogP contribution in [0.15, 0.2) is 29.3 Å². The highest BCUT2D eigenvalue weighted by atomic mass is 127. The van der Waals surface area contributed by atoms with Gasteiger partial charge in [-0.3, -0.25) is 4.99 Å². The van der Waals surface area contributed by atoms with Crippen LogP contribution in [0, 0.1) is 6.92 Å². The first-order chi connectivity index (χ1) is 10.5. The third kappa shape index (κ3) is 8.84. The van der Waals surface area contributed by atoms with Gasteiger partial charge in [0, 0.05) is 25.6 Å². The van der Waals surface area contributed by atoms with E-state index in [1.807, 2.05) is 18.8 Å². The van der Waals surface area contributed by atoms with Crippen molar-refractivity contribution in [2.24, 2.45) is 4.99 Å². The fraction of sp³-hybridized carbons (Fsp3) is 0.611. The molecule has 0 heterocycles. The Bertz CT molecular complexity index is 475. The van der Waals surface area contributed by atoms with Crippen molar-refractivity contribution in [3.8, 4) is 0 Å².